The molecule has 3 heteroatoms. The number of fused-ring (bicyclic) bond motifs is 1. The van der Waals surface area contributed by atoms with Crippen molar-refractivity contribution < 1.29 is 4.57 Å². The van der Waals surface area contributed by atoms with Gasteiger partial charge < -0.3 is 0 Å². The molecule has 2 aromatic heterocycles. The minimum absolute atomic E-state index is 0.601. The van der Waals surface area contributed by atoms with Crippen LogP contribution in [0.4, 0.5) is 0 Å². The molecular formula is C21H26N3+. The summed E-state index contributed by atoms with van der Waals surface area (Å²) in [4.78, 5) is 9.37. The van der Waals surface area contributed by atoms with Gasteiger partial charge in [0.25, 0.3) is 0 Å². The van der Waals surface area contributed by atoms with Crippen LogP contribution >= 0.6 is 0 Å². The van der Waals surface area contributed by atoms with Crippen LogP contribution in [-0.2, 0) is 13.5 Å². The first-order valence-electron chi connectivity index (χ1n) is 8.58. The summed E-state index contributed by atoms with van der Waals surface area (Å²) in [7, 11) is 2.08. The number of aryl methyl sites for hydroxylation is 3. The Bertz CT molecular complexity index is 911. The van der Waals surface area contributed by atoms with Gasteiger partial charge in [-0.25, -0.2) is 4.57 Å². The maximum atomic E-state index is 4.96. The van der Waals surface area contributed by atoms with E-state index in [0.29, 0.717) is 5.92 Å². The van der Waals surface area contributed by atoms with Gasteiger partial charge in [0.1, 0.15) is 6.20 Å². The average molecular weight is 320 g/mol. The first kappa shape index (κ1) is 16.6. The van der Waals surface area contributed by atoms with E-state index in [4.69, 9.17) is 4.98 Å². The van der Waals surface area contributed by atoms with Gasteiger partial charge in [-0.15, -0.1) is 0 Å². The first-order chi connectivity index (χ1) is 11.4. The molecule has 0 amide bonds. The Labute approximate surface area is 144 Å². The molecule has 3 rings (SSSR count). The monoisotopic (exact) mass is 320 g/mol. The van der Waals surface area contributed by atoms with E-state index in [0.717, 1.165) is 17.8 Å². The van der Waals surface area contributed by atoms with Crippen LogP contribution in [0.2, 0.25) is 0 Å². The van der Waals surface area contributed by atoms with Crippen molar-refractivity contribution in [3.05, 3.63) is 53.0 Å². The fraction of sp³-hybridized carbons (Fsp3) is 0.381. The number of pyridine rings is 1. The molecule has 0 unspecified atom stereocenters. The Kier molecular flexibility index (Phi) is 4.35. The highest BCUT2D eigenvalue weighted by Gasteiger charge is 2.20. The molecule has 24 heavy (non-hydrogen) atoms. The molecule has 3 nitrogen and oxygen atoms in total. The predicted octanol–water partition coefficient (Wildman–Crippen LogP) is 4.25. The lowest BCUT2D eigenvalue weighted by Crippen LogP contribution is -2.32. The summed E-state index contributed by atoms with van der Waals surface area (Å²) in [5, 5.41) is 1.20. The summed E-state index contributed by atoms with van der Waals surface area (Å²) < 4.78 is 2.15. The Balaban J connectivity index is 2.23. The molecule has 0 N–H and O–H groups in total. The van der Waals surface area contributed by atoms with Gasteiger partial charge in [0.2, 0.25) is 5.52 Å². The van der Waals surface area contributed by atoms with E-state index in [1.165, 1.54) is 33.2 Å². The second-order valence-corrected chi connectivity index (χ2v) is 7.26. The fourth-order valence-electron chi connectivity index (χ4n) is 3.31. The van der Waals surface area contributed by atoms with Gasteiger partial charge in [-0.3, -0.25) is 4.98 Å². The molecule has 2 heterocycles. The van der Waals surface area contributed by atoms with Crippen LogP contribution in [0.5, 0.6) is 0 Å². The quantitative estimate of drug-likeness (QED) is 0.675. The zero-order chi connectivity index (χ0) is 17.4. The van der Waals surface area contributed by atoms with E-state index in [1.807, 2.05) is 12.4 Å². The molecule has 0 atom stereocenters. The lowest BCUT2D eigenvalue weighted by atomic mass is 9.98. The number of hydrogen-bond donors (Lipinski definition) is 0. The van der Waals surface area contributed by atoms with Crippen molar-refractivity contribution in [2.45, 2.75) is 41.0 Å². The van der Waals surface area contributed by atoms with Crippen molar-refractivity contribution >= 4 is 10.9 Å². The molecule has 0 saturated heterocycles. The minimum atomic E-state index is 0.601. The van der Waals surface area contributed by atoms with Crippen LogP contribution in [-0.4, -0.2) is 9.97 Å². The van der Waals surface area contributed by atoms with Gasteiger partial charge in [0.15, 0.2) is 0 Å². The highest BCUT2D eigenvalue weighted by atomic mass is 15.0. The van der Waals surface area contributed by atoms with E-state index < -0.39 is 0 Å². The molecule has 0 spiro atoms. The molecule has 0 aliphatic rings. The fourth-order valence-corrected chi connectivity index (χ4v) is 3.31. The van der Waals surface area contributed by atoms with Crippen LogP contribution in [0.25, 0.3) is 22.3 Å². The zero-order valence-corrected chi connectivity index (χ0v) is 15.5. The van der Waals surface area contributed by atoms with Gasteiger partial charge in [-0.05, 0) is 66.4 Å². The molecule has 0 aliphatic heterocycles. The van der Waals surface area contributed by atoms with E-state index >= 15 is 0 Å². The van der Waals surface area contributed by atoms with Crippen LogP contribution < -0.4 is 4.57 Å². The lowest BCUT2D eigenvalue weighted by Gasteiger charge is -2.10. The number of benzene rings is 1. The predicted molar refractivity (Wildman–Crippen MR) is 98.9 cm³/mol. The standard InChI is InChI=1S/C21H26N3/c1-13(2)7-17-10-22-11-20-19(17)12-24(6)21(23-20)18-9-14(3)8-15(4)16(18)5/h8-13H,7H2,1-6H3/q+1. The summed E-state index contributed by atoms with van der Waals surface area (Å²) in [6.45, 7) is 10.9. The van der Waals surface area contributed by atoms with Crippen molar-refractivity contribution in [3.63, 3.8) is 0 Å². The van der Waals surface area contributed by atoms with Crippen molar-refractivity contribution in [1.29, 1.82) is 0 Å². The summed E-state index contributed by atoms with van der Waals surface area (Å²) in [6.07, 6.45) is 7.08. The normalized spacial score (nSPS) is 11.5. The SMILES string of the molecule is Cc1cc(C)c(C)c(-c2nc3cncc(CC(C)C)c3c[n+]2C)c1. The van der Waals surface area contributed by atoms with Crippen molar-refractivity contribution in [1.82, 2.24) is 9.97 Å². The van der Waals surface area contributed by atoms with Gasteiger partial charge >= 0.3 is 5.82 Å². The van der Waals surface area contributed by atoms with Crippen molar-refractivity contribution in [3.8, 4) is 11.4 Å². The van der Waals surface area contributed by atoms with Crippen molar-refractivity contribution in [2.24, 2.45) is 13.0 Å². The summed E-state index contributed by atoms with van der Waals surface area (Å²) in [6, 6.07) is 4.45. The second kappa shape index (κ2) is 6.31. The number of rotatable bonds is 3. The van der Waals surface area contributed by atoms with E-state index in [-0.39, 0.29) is 0 Å². The molecule has 0 fully saturated rings. The lowest BCUT2D eigenvalue weighted by molar-refractivity contribution is -0.661. The van der Waals surface area contributed by atoms with E-state index in [1.54, 1.807) is 0 Å². The van der Waals surface area contributed by atoms with Crippen molar-refractivity contribution in [2.75, 3.05) is 0 Å². The van der Waals surface area contributed by atoms with Crippen LogP contribution in [0.15, 0.2) is 30.7 Å². The van der Waals surface area contributed by atoms with Gasteiger partial charge in [-0.1, -0.05) is 19.9 Å². The molecule has 0 saturated carbocycles. The maximum absolute atomic E-state index is 4.96. The Morgan fingerprint density at radius 3 is 2.54 bits per heavy atom. The molecule has 124 valence electrons. The highest BCUT2D eigenvalue weighted by molar-refractivity contribution is 5.81. The molecular weight excluding hydrogens is 294 g/mol. The van der Waals surface area contributed by atoms with E-state index in [2.05, 4.69) is 69.5 Å². The summed E-state index contributed by atoms with van der Waals surface area (Å²) >= 11 is 0. The Morgan fingerprint density at radius 1 is 1.08 bits per heavy atom. The zero-order valence-electron chi connectivity index (χ0n) is 15.5. The summed E-state index contributed by atoms with van der Waals surface area (Å²) in [5.41, 5.74) is 7.30. The number of aromatic nitrogens is 3. The van der Waals surface area contributed by atoms with Gasteiger partial charge in [0.05, 0.1) is 24.2 Å². The molecule has 3 aromatic rings. The third-order valence-electron chi connectivity index (χ3n) is 4.61. The van der Waals surface area contributed by atoms with Crippen LogP contribution in [0.1, 0.15) is 36.1 Å². The summed E-state index contributed by atoms with van der Waals surface area (Å²) in [5.74, 6) is 1.60. The molecule has 0 aliphatic carbocycles. The smallest absolute Gasteiger partial charge is 0.260 e. The minimum Gasteiger partial charge on any atom is -0.260 e. The number of nitrogens with zero attached hydrogens (tertiary/aromatic N) is 3. The van der Waals surface area contributed by atoms with Gasteiger partial charge in [-0.2, -0.15) is 0 Å². The molecule has 1 aromatic carbocycles. The third kappa shape index (κ3) is 3.03. The Morgan fingerprint density at radius 2 is 1.83 bits per heavy atom. The van der Waals surface area contributed by atoms with Gasteiger partial charge in [0, 0.05) is 6.20 Å². The molecule has 0 bridgehead atoms. The maximum Gasteiger partial charge on any atom is 0.331 e. The number of hydrogen-bond acceptors (Lipinski definition) is 2. The first-order valence-corrected chi connectivity index (χ1v) is 8.58. The topological polar surface area (TPSA) is 29.7 Å². The van der Waals surface area contributed by atoms with Crippen LogP contribution in [0, 0.1) is 26.7 Å². The van der Waals surface area contributed by atoms with Crippen LogP contribution in [0.3, 0.4) is 0 Å². The van der Waals surface area contributed by atoms with E-state index in [9.17, 15) is 0 Å². The second-order valence-electron chi connectivity index (χ2n) is 7.26. The highest BCUT2D eigenvalue weighted by Crippen LogP contribution is 2.26. The average Bonchev–Trinajstić information content (AvgIpc) is 2.50. The molecule has 0 radical (unpaired) electrons. The third-order valence-corrected chi connectivity index (χ3v) is 4.61. The Hall–Kier alpha value is -2.29. The largest absolute Gasteiger partial charge is 0.331 e.